The third-order valence-corrected chi connectivity index (χ3v) is 3.52. The summed E-state index contributed by atoms with van der Waals surface area (Å²) in [6.07, 6.45) is 0. The van der Waals surface area contributed by atoms with Gasteiger partial charge in [-0.2, -0.15) is 0 Å². The van der Waals surface area contributed by atoms with Crippen LogP contribution in [0.3, 0.4) is 0 Å². The maximum absolute atomic E-state index is 12.3. The van der Waals surface area contributed by atoms with Gasteiger partial charge < -0.3 is 5.11 Å². The Bertz CT molecular complexity index is 803. The summed E-state index contributed by atoms with van der Waals surface area (Å²) in [6.45, 7) is 0. The van der Waals surface area contributed by atoms with Crippen LogP contribution in [0, 0.1) is 0 Å². The molecule has 104 valence electrons. The molecule has 0 unspecified atom stereocenters. The predicted molar refractivity (Wildman–Crippen MR) is 76.5 cm³/mol. The SMILES string of the molecule is O=C(O)c1cccc(N2C(=O)c3ccc(Br)cc3C2=O)n1. The number of halogens is 1. The number of pyridine rings is 1. The number of amides is 2. The topological polar surface area (TPSA) is 87.6 Å². The molecule has 2 heterocycles. The van der Waals surface area contributed by atoms with Gasteiger partial charge in [0.2, 0.25) is 0 Å². The third kappa shape index (κ3) is 2.11. The van der Waals surface area contributed by atoms with Crippen molar-refractivity contribution in [1.82, 2.24) is 4.98 Å². The van der Waals surface area contributed by atoms with E-state index in [0.29, 0.717) is 4.47 Å². The number of carbonyl (C=O) groups excluding carboxylic acids is 2. The van der Waals surface area contributed by atoms with Crippen LogP contribution < -0.4 is 4.90 Å². The van der Waals surface area contributed by atoms with Crippen LogP contribution in [0.5, 0.6) is 0 Å². The van der Waals surface area contributed by atoms with Crippen molar-refractivity contribution in [1.29, 1.82) is 0 Å². The molecule has 0 spiro atoms. The van der Waals surface area contributed by atoms with E-state index in [1.807, 2.05) is 0 Å². The van der Waals surface area contributed by atoms with Crippen molar-refractivity contribution in [3.63, 3.8) is 0 Å². The molecule has 1 N–H and O–H groups in total. The smallest absolute Gasteiger partial charge is 0.354 e. The molecule has 0 radical (unpaired) electrons. The number of benzene rings is 1. The summed E-state index contributed by atoms with van der Waals surface area (Å²) in [6, 6.07) is 8.90. The molecule has 21 heavy (non-hydrogen) atoms. The summed E-state index contributed by atoms with van der Waals surface area (Å²) in [4.78, 5) is 40.3. The van der Waals surface area contributed by atoms with Crippen LogP contribution in [-0.4, -0.2) is 27.9 Å². The quantitative estimate of drug-likeness (QED) is 0.843. The minimum absolute atomic E-state index is 0.00257. The Kier molecular flexibility index (Phi) is 3.06. The fourth-order valence-electron chi connectivity index (χ4n) is 2.09. The number of carbonyl (C=O) groups is 3. The molecule has 7 heteroatoms. The maximum Gasteiger partial charge on any atom is 0.354 e. The van der Waals surface area contributed by atoms with Crippen molar-refractivity contribution in [3.05, 3.63) is 57.7 Å². The van der Waals surface area contributed by atoms with E-state index < -0.39 is 17.8 Å². The Morgan fingerprint density at radius 2 is 1.81 bits per heavy atom. The van der Waals surface area contributed by atoms with Gasteiger partial charge in [0.25, 0.3) is 11.8 Å². The minimum Gasteiger partial charge on any atom is -0.477 e. The van der Waals surface area contributed by atoms with Crippen LogP contribution in [0.15, 0.2) is 40.9 Å². The fraction of sp³-hybridized carbons (Fsp3) is 0. The zero-order valence-electron chi connectivity index (χ0n) is 10.4. The molecule has 6 nitrogen and oxygen atoms in total. The summed E-state index contributed by atoms with van der Waals surface area (Å²) in [5.41, 5.74) is 0.299. The van der Waals surface area contributed by atoms with E-state index in [0.717, 1.165) is 4.90 Å². The Morgan fingerprint density at radius 3 is 2.52 bits per heavy atom. The van der Waals surface area contributed by atoms with Crippen molar-refractivity contribution in [3.8, 4) is 0 Å². The van der Waals surface area contributed by atoms with Gasteiger partial charge in [-0.3, -0.25) is 9.59 Å². The molecule has 0 aliphatic carbocycles. The highest BCUT2D eigenvalue weighted by Crippen LogP contribution is 2.29. The Hall–Kier alpha value is -2.54. The Labute approximate surface area is 127 Å². The van der Waals surface area contributed by atoms with Crippen molar-refractivity contribution in [2.75, 3.05) is 4.90 Å². The highest BCUT2D eigenvalue weighted by molar-refractivity contribution is 9.10. The molecule has 0 fully saturated rings. The second-order valence-corrected chi connectivity index (χ2v) is 5.24. The van der Waals surface area contributed by atoms with E-state index >= 15 is 0 Å². The highest BCUT2D eigenvalue weighted by atomic mass is 79.9. The molecule has 0 saturated carbocycles. The number of hydrogen-bond acceptors (Lipinski definition) is 4. The van der Waals surface area contributed by atoms with Crippen LogP contribution in [0.4, 0.5) is 5.82 Å². The first-order valence-corrected chi connectivity index (χ1v) is 6.67. The van der Waals surface area contributed by atoms with Crippen molar-refractivity contribution in [2.45, 2.75) is 0 Å². The third-order valence-electron chi connectivity index (χ3n) is 3.03. The first-order chi connectivity index (χ1) is 9.99. The van der Waals surface area contributed by atoms with Crippen LogP contribution in [0.25, 0.3) is 0 Å². The number of imide groups is 1. The predicted octanol–water partition coefficient (Wildman–Crippen LogP) is 2.34. The number of fused-ring (bicyclic) bond motifs is 1. The molecule has 1 aliphatic rings. The number of carboxylic acids is 1. The Morgan fingerprint density at radius 1 is 1.10 bits per heavy atom. The molecule has 1 aromatic carbocycles. The lowest BCUT2D eigenvalue weighted by Crippen LogP contribution is -2.30. The first-order valence-electron chi connectivity index (χ1n) is 5.88. The summed E-state index contributed by atoms with van der Waals surface area (Å²) < 4.78 is 0.677. The number of hydrogen-bond donors (Lipinski definition) is 1. The van der Waals surface area contributed by atoms with Gasteiger partial charge in [-0.15, -0.1) is 0 Å². The van der Waals surface area contributed by atoms with Gasteiger partial charge in [0.15, 0.2) is 5.69 Å². The number of nitrogens with zero attached hydrogens (tertiary/aromatic N) is 2. The summed E-state index contributed by atoms with van der Waals surface area (Å²) in [5.74, 6) is -2.27. The lowest BCUT2D eigenvalue weighted by atomic mass is 10.1. The van der Waals surface area contributed by atoms with E-state index in [2.05, 4.69) is 20.9 Å². The molecular weight excluding hydrogens is 340 g/mol. The lowest BCUT2D eigenvalue weighted by Gasteiger charge is -2.12. The highest BCUT2D eigenvalue weighted by Gasteiger charge is 2.37. The normalized spacial score (nSPS) is 13.5. The molecular formula is C14H7BrN2O4. The zero-order chi connectivity index (χ0) is 15.1. The van der Waals surface area contributed by atoms with E-state index in [9.17, 15) is 14.4 Å². The van der Waals surface area contributed by atoms with Crippen LogP contribution >= 0.6 is 15.9 Å². The van der Waals surface area contributed by atoms with Gasteiger partial charge in [0.1, 0.15) is 5.82 Å². The van der Waals surface area contributed by atoms with Gasteiger partial charge >= 0.3 is 5.97 Å². The van der Waals surface area contributed by atoms with Gasteiger partial charge in [0.05, 0.1) is 11.1 Å². The van der Waals surface area contributed by atoms with E-state index in [-0.39, 0.29) is 22.6 Å². The number of aromatic nitrogens is 1. The zero-order valence-corrected chi connectivity index (χ0v) is 12.0. The van der Waals surface area contributed by atoms with Gasteiger partial charge in [-0.05, 0) is 30.3 Å². The van der Waals surface area contributed by atoms with Crippen LogP contribution in [-0.2, 0) is 0 Å². The molecule has 0 bridgehead atoms. The number of carboxylic acid groups (broad SMARTS) is 1. The average molecular weight is 347 g/mol. The van der Waals surface area contributed by atoms with Crippen molar-refractivity contribution >= 4 is 39.5 Å². The summed E-state index contributed by atoms with van der Waals surface area (Å²) >= 11 is 3.24. The Balaban J connectivity index is 2.10. The first kappa shape index (κ1) is 13.4. The molecule has 2 aromatic rings. The van der Waals surface area contributed by atoms with Gasteiger partial charge in [-0.1, -0.05) is 22.0 Å². The lowest BCUT2D eigenvalue weighted by molar-refractivity contribution is 0.0689. The van der Waals surface area contributed by atoms with Crippen molar-refractivity contribution < 1.29 is 19.5 Å². The number of aromatic carboxylic acids is 1. The standard InChI is InChI=1S/C14H7BrN2O4/c15-7-4-5-8-9(6-7)13(19)17(12(8)18)11-3-1-2-10(16-11)14(20)21/h1-6H,(H,20,21). The fourth-order valence-corrected chi connectivity index (χ4v) is 2.45. The second kappa shape index (κ2) is 4.78. The minimum atomic E-state index is -1.23. The van der Waals surface area contributed by atoms with E-state index in [1.54, 1.807) is 18.2 Å². The summed E-state index contributed by atoms with van der Waals surface area (Å²) in [7, 11) is 0. The van der Waals surface area contributed by atoms with Gasteiger partial charge in [-0.25, -0.2) is 14.7 Å². The number of rotatable bonds is 2. The van der Waals surface area contributed by atoms with Crippen molar-refractivity contribution in [2.24, 2.45) is 0 Å². The largest absolute Gasteiger partial charge is 0.477 e. The molecule has 1 aliphatic heterocycles. The monoisotopic (exact) mass is 346 g/mol. The molecule has 0 saturated heterocycles. The van der Waals surface area contributed by atoms with Crippen LogP contribution in [0.1, 0.15) is 31.2 Å². The average Bonchev–Trinajstić information content (AvgIpc) is 2.70. The van der Waals surface area contributed by atoms with Crippen LogP contribution in [0.2, 0.25) is 0 Å². The molecule has 0 atom stereocenters. The second-order valence-electron chi connectivity index (χ2n) is 4.32. The molecule has 3 rings (SSSR count). The van der Waals surface area contributed by atoms with E-state index in [1.165, 1.54) is 18.2 Å². The molecule has 2 amide bonds. The van der Waals surface area contributed by atoms with E-state index in [4.69, 9.17) is 5.11 Å². The maximum atomic E-state index is 12.3. The number of anilines is 1. The summed E-state index contributed by atoms with van der Waals surface area (Å²) in [5, 5.41) is 8.94. The van der Waals surface area contributed by atoms with Gasteiger partial charge in [0, 0.05) is 4.47 Å². The molecule has 1 aromatic heterocycles.